The molecule has 6 nitrogen and oxygen atoms in total. The molecule has 7 heteroatoms. The fourth-order valence-corrected chi connectivity index (χ4v) is 4.63. The minimum Gasteiger partial charge on any atom is -0.352 e. The quantitative estimate of drug-likeness (QED) is 0.759. The first kappa shape index (κ1) is 18.7. The fraction of sp³-hybridized carbons (Fsp3) is 0.938. The van der Waals surface area contributed by atoms with Gasteiger partial charge in [-0.25, -0.2) is 13.1 Å². The summed E-state index contributed by atoms with van der Waals surface area (Å²) in [4.78, 5) is 14.8. The van der Waals surface area contributed by atoms with Gasteiger partial charge in [0.2, 0.25) is 15.9 Å². The van der Waals surface area contributed by atoms with E-state index in [0.717, 1.165) is 45.2 Å². The Balaban J connectivity index is 1.82. The van der Waals surface area contributed by atoms with E-state index in [1.54, 1.807) is 0 Å². The molecule has 1 atom stereocenters. The molecule has 0 unspecified atom stereocenters. The first-order chi connectivity index (χ1) is 10.9. The van der Waals surface area contributed by atoms with E-state index >= 15 is 0 Å². The molecule has 0 aromatic heterocycles. The van der Waals surface area contributed by atoms with Crippen molar-refractivity contribution in [2.75, 3.05) is 19.3 Å². The van der Waals surface area contributed by atoms with Crippen LogP contribution in [0.5, 0.6) is 0 Å². The number of piperidine rings is 1. The Kier molecular flexibility index (Phi) is 6.85. The number of rotatable bonds is 6. The van der Waals surface area contributed by atoms with Crippen LogP contribution in [-0.2, 0) is 14.8 Å². The number of amides is 1. The van der Waals surface area contributed by atoms with E-state index in [4.69, 9.17) is 0 Å². The minimum absolute atomic E-state index is 0.000150. The number of nitrogens with one attached hydrogen (secondary N) is 2. The Bertz CT molecular complexity index is 481. The molecule has 2 fully saturated rings. The standard InChI is InChI=1S/C16H31N3O3S/c1-3-15(16(20)17-13-7-5-4-6-8-13)19-11-9-14(10-12-19)18-23(2,21)22/h13-15,18H,3-12H2,1-2H3,(H,17,20)/t15-/m1/s1. The number of carbonyl (C=O) groups excluding carboxylic acids is 1. The molecule has 1 saturated heterocycles. The summed E-state index contributed by atoms with van der Waals surface area (Å²) in [5, 5.41) is 3.22. The van der Waals surface area contributed by atoms with Gasteiger partial charge >= 0.3 is 0 Å². The second kappa shape index (κ2) is 8.44. The van der Waals surface area contributed by atoms with Crippen LogP contribution in [0.1, 0.15) is 58.3 Å². The summed E-state index contributed by atoms with van der Waals surface area (Å²) in [6.45, 7) is 3.58. The van der Waals surface area contributed by atoms with Crippen molar-refractivity contribution in [2.45, 2.75) is 76.4 Å². The molecule has 1 amide bonds. The Morgan fingerprint density at radius 3 is 2.22 bits per heavy atom. The highest BCUT2D eigenvalue weighted by Crippen LogP contribution is 2.19. The first-order valence-electron chi connectivity index (χ1n) is 8.90. The molecule has 1 saturated carbocycles. The van der Waals surface area contributed by atoms with Crippen molar-refractivity contribution in [3.8, 4) is 0 Å². The fourth-order valence-electron chi connectivity index (χ4n) is 3.79. The summed E-state index contributed by atoms with van der Waals surface area (Å²) in [5.41, 5.74) is 0. The molecule has 0 aromatic carbocycles. The van der Waals surface area contributed by atoms with Crippen LogP contribution in [-0.4, -0.2) is 56.7 Å². The maximum atomic E-state index is 12.6. The molecule has 2 rings (SSSR count). The van der Waals surface area contributed by atoms with Gasteiger partial charge in [0.15, 0.2) is 0 Å². The third-order valence-electron chi connectivity index (χ3n) is 4.99. The topological polar surface area (TPSA) is 78.5 Å². The SMILES string of the molecule is CC[C@H](C(=O)NC1CCCCC1)N1CCC(NS(C)(=O)=O)CC1. The molecule has 0 radical (unpaired) electrons. The van der Waals surface area contributed by atoms with E-state index in [2.05, 4.69) is 14.9 Å². The molecule has 0 bridgehead atoms. The number of hydrogen-bond acceptors (Lipinski definition) is 4. The highest BCUT2D eigenvalue weighted by atomic mass is 32.2. The van der Waals surface area contributed by atoms with Crippen LogP contribution in [0.3, 0.4) is 0 Å². The molecule has 23 heavy (non-hydrogen) atoms. The molecule has 0 aromatic rings. The van der Waals surface area contributed by atoms with E-state index in [9.17, 15) is 13.2 Å². The molecule has 0 spiro atoms. The molecule has 1 aliphatic carbocycles. The number of sulfonamides is 1. The van der Waals surface area contributed by atoms with E-state index in [0.29, 0.717) is 6.04 Å². The van der Waals surface area contributed by atoms with Crippen molar-refractivity contribution in [1.29, 1.82) is 0 Å². The molecule has 134 valence electrons. The van der Waals surface area contributed by atoms with Gasteiger partial charge in [0.05, 0.1) is 12.3 Å². The Morgan fingerprint density at radius 1 is 1.09 bits per heavy atom. The Labute approximate surface area is 140 Å². The lowest BCUT2D eigenvalue weighted by molar-refractivity contribution is -0.128. The van der Waals surface area contributed by atoms with Crippen molar-refractivity contribution in [2.24, 2.45) is 0 Å². The Morgan fingerprint density at radius 2 is 1.70 bits per heavy atom. The second-order valence-corrected chi connectivity index (χ2v) is 8.75. The van der Waals surface area contributed by atoms with Gasteiger partial charge in [-0.1, -0.05) is 26.2 Å². The van der Waals surface area contributed by atoms with Gasteiger partial charge in [0.25, 0.3) is 0 Å². The largest absolute Gasteiger partial charge is 0.352 e. The van der Waals surface area contributed by atoms with E-state index in [-0.39, 0.29) is 18.0 Å². The number of carbonyl (C=O) groups is 1. The van der Waals surface area contributed by atoms with Crippen LogP contribution >= 0.6 is 0 Å². The van der Waals surface area contributed by atoms with Gasteiger partial charge in [-0.3, -0.25) is 9.69 Å². The maximum Gasteiger partial charge on any atom is 0.237 e. The van der Waals surface area contributed by atoms with Crippen molar-refractivity contribution in [3.63, 3.8) is 0 Å². The lowest BCUT2D eigenvalue weighted by atomic mass is 9.95. The first-order valence-corrected chi connectivity index (χ1v) is 10.8. The summed E-state index contributed by atoms with van der Waals surface area (Å²) < 4.78 is 25.3. The predicted molar refractivity (Wildman–Crippen MR) is 91.7 cm³/mol. The van der Waals surface area contributed by atoms with Crippen molar-refractivity contribution in [1.82, 2.24) is 14.9 Å². The number of likely N-dealkylation sites (tertiary alicyclic amines) is 1. The zero-order valence-electron chi connectivity index (χ0n) is 14.4. The average Bonchev–Trinajstić information content (AvgIpc) is 2.49. The van der Waals surface area contributed by atoms with Gasteiger partial charge in [-0.15, -0.1) is 0 Å². The third-order valence-corrected chi connectivity index (χ3v) is 5.75. The summed E-state index contributed by atoms with van der Waals surface area (Å²) >= 11 is 0. The monoisotopic (exact) mass is 345 g/mol. The van der Waals surface area contributed by atoms with E-state index in [1.165, 1.54) is 25.5 Å². The molecular formula is C16H31N3O3S. The zero-order chi connectivity index (χ0) is 16.9. The highest BCUT2D eigenvalue weighted by molar-refractivity contribution is 7.88. The van der Waals surface area contributed by atoms with Gasteiger partial charge in [0.1, 0.15) is 0 Å². The summed E-state index contributed by atoms with van der Waals surface area (Å²) in [5.74, 6) is 0.147. The lowest BCUT2D eigenvalue weighted by Gasteiger charge is -2.37. The zero-order valence-corrected chi connectivity index (χ0v) is 15.2. The number of nitrogens with zero attached hydrogens (tertiary/aromatic N) is 1. The average molecular weight is 346 g/mol. The highest BCUT2D eigenvalue weighted by Gasteiger charge is 2.30. The summed E-state index contributed by atoms with van der Waals surface area (Å²) in [7, 11) is -3.15. The summed E-state index contributed by atoms with van der Waals surface area (Å²) in [6.07, 6.45) is 9.43. The van der Waals surface area contributed by atoms with Crippen LogP contribution in [0.4, 0.5) is 0 Å². The van der Waals surface area contributed by atoms with Crippen molar-refractivity contribution in [3.05, 3.63) is 0 Å². The van der Waals surface area contributed by atoms with Gasteiger partial charge < -0.3 is 5.32 Å². The third kappa shape index (κ3) is 6.04. The van der Waals surface area contributed by atoms with Crippen molar-refractivity contribution >= 4 is 15.9 Å². The second-order valence-electron chi connectivity index (χ2n) is 6.97. The van der Waals surface area contributed by atoms with Gasteiger partial charge in [-0.2, -0.15) is 0 Å². The normalized spacial score (nSPS) is 23.6. The Hall–Kier alpha value is -0.660. The van der Waals surface area contributed by atoms with E-state index < -0.39 is 10.0 Å². The molecule has 1 heterocycles. The summed E-state index contributed by atoms with van der Waals surface area (Å²) in [6, 6.07) is 0.256. The maximum absolute atomic E-state index is 12.6. The molecule has 2 N–H and O–H groups in total. The molecular weight excluding hydrogens is 314 g/mol. The molecule has 2 aliphatic rings. The van der Waals surface area contributed by atoms with Crippen LogP contribution in [0.2, 0.25) is 0 Å². The number of hydrogen-bond donors (Lipinski definition) is 2. The molecule has 1 aliphatic heterocycles. The van der Waals surface area contributed by atoms with Crippen LogP contribution in [0, 0.1) is 0 Å². The van der Waals surface area contributed by atoms with Crippen LogP contribution < -0.4 is 10.0 Å². The minimum atomic E-state index is -3.15. The van der Waals surface area contributed by atoms with Gasteiger partial charge in [0, 0.05) is 25.2 Å². The van der Waals surface area contributed by atoms with Crippen LogP contribution in [0.25, 0.3) is 0 Å². The van der Waals surface area contributed by atoms with E-state index in [1.807, 2.05) is 6.92 Å². The predicted octanol–water partition coefficient (Wildman–Crippen LogP) is 1.23. The smallest absolute Gasteiger partial charge is 0.237 e. The lowest BCUT2D eigenvalue weighted by Crippen LogP contribution is -2.54. The van der Waals surface area contributed by atoms with Gasteiger partial charge in [-0.05, 0) is 32.1 Å². The van der Waals surface area contributed by atoms with Crippen molar-refractivity contribution < 1.29 is 13.2 Å². The van der Waals surface area contributed by atoms with Crippen LogP contribution in [0.15, 0.2) is 0 Å².